The average molecular weight is 323 g/mol. The van der Waals surface area contributed by atoms with Crippen molar-refractivity contribution in [2.45, 2.75) is 12.8 Å². The summed E-state index contributed by atoms with van der Waals surface area (Å²) < 4.78 is 16.3. The highest BCUT2D eigenvalue weighted by atomic mass is 32.1. The molecule has 0 spiro atoms. The highest BCUT2D eigenvalue weighted by molar-refractivity contribution is 7.09. The summed E-state index contributed by atoms with van der Waals surface area (Å²) in [6, 6.07) is 5.42. The van der Waals surface area contributed by atoms with Gasteiger partial charge in [0.25, 0.3) is 0 Å². The van der Waals surface area contributed by atoms with Gasteiger partial charge in [0.05, 0.1) is 37.9 Å². The van der Waals surface area contributed by atoms with E-state index in [4.69, 9.17) is 19.3 Å². The molecule has 0 aliphatic heterocycles. The zero-order chi connectivity index (χ0) is 15.9. The van der Waals surface area contributed by atoms with Crippen molar-refractivity contribution < 1.29 is 24.1 Å². The minimum absolute atomic E-state index is 0.0578. The second kappa shape index (κ2) is 7.65. The topological polar surface area (TPSA) is 77.9 Å². The number of benzene rings is 1. The summed E-state index contributed by atoms with van der Waals surface area (Å²) in [7, 11) is 3.14. The predicted octanol–water partition coefficient (Wildman–Crippen LogP) is 2.41. The number of ether oxygens (including phenoxy) is 3. The smallest absolute Gasteiger partial charge is 0.309 e. The molecule has 7 heteroatoms. The molecular formula is C15H17NO5S. The van der Waals surface area contributed by atoms with Crippen LogP contribution in [0.15, 0.2) is 23.6 Å². The Bertz CT molecular complexity index is 618. The van der Waals surface area contributed by atoms with Gasteiger partial charge in [0, 0.05) is 11.8 Å². The van der Waals surface area contributed by atoms with Crippen molar-refractivity contribution in [2.24, 2.45) is 0 Å². The summed E-state index contributed by atoms with van der Waals surface area (Å²) >= 11 is 1.43. The Balaban J connectivity index is 1.96. The summed E-state index contributed by atoms with van der Waals surface area (Å²) in [5.74, 6) is 0.872. The van der Waals surface area contributed by atoms with E-state index in [2.05, 4.69) is 4.98 Å². The van der Waals surface area contributed by atoms with E-state index < -0.39 is 5.97 Å². The first-order valence-corrected chi connectivity index (χ1v) is 7.51. The number of nitrogens with zero attached hydrogens (tertiary/aromatic N) is 1. The van der Waals surface area contributed by atoms with Gasteiger partial charge in [0.2, 0.25) is 5.75 Å². The molecule has 0 saturated heterocycles. The molecule has 0 bridgehead atoms. The number of methoxy groups -OCH3 is 2. The molecule has 0 amide bonds. The lowest BCUT2D eigenvalue weighted by Crippen LogP contribution is -2.05. The Labute approximate surface area is 132 Å². The maximum Gasteiger partial charge on any atom is 0.309 e. The Kier molecular flexibility index (Phi) is 5.60. The van der Waals surface area contributed by atoms with Gasteiger partial charge in [-0.1, -0.05) is 6.07 Å². The van der Waals surface area contributed by atoms with Crippen LogP contribution in [0.1, 0.15) is 10.7 Å². The molecule has 0 aliphatic rings. The lowest BCUT2D eigenvalue weighted by Gasteiger charge is -2.13. The van der Waals surface area contributed by atoms with Gasteiger partial charge in [-0.2, -0.15) is 0 Å². The molecule has 1 aromatic heterocycles. The Hall–Kier alpha value is -2.28. The highest BCUT2D eigenvalue weighted by Crippen LogP contribution is 2.36. The summed E-state index contributed by atoms with van der Waals surface area (Å²) in [5, 5.41) is 11.3. The van der Waals surface area contributed by atoms with Gasteiger partial charge in [-0.3, -0.25) is 4.79 Å². The number of hydrogen-bond donors (Lipinski definition) is 1. The van der Waals surface area contributed by atoms with E-state index in [1.54, 1.807) is 31.7 Å². The minimum atomic E-state index is -0.883. The fourth-order valence-electron chi connectivity index (χ4n) is 1.90. The normalized spacial score (nSPS) is 10.3. The Morgan fingerprint density at radius 3 is 2.55 bits per heavy atom. The minimum Gasteiger partial charge on any atom is -0.493 e. The van der Waals surface area contributed by atoms with Crippen molar-refractivity contribution >= 4 is 17.3 Å². The molecule has 2 aromatic rings. The number of carboxylic acids is 1. The van der Waals surface area contributed by atoms with Gasteiger partial charge in [0.1, 0.15) is 0 Å². The van der Waals surface area contributed by atoms with Crippen molar-refractivity contribution in [3.05, 3.63) is 34.3 Å². The molecule has 0 unspecified atom stereocenters. The summed E-state index contributed by atoms with van der Waals surface area (Å²) in [5.41, 5.74) is 0.572. The van der Waals surface area contributed by atoms with Gasteiger partial charge < -0.3 is 19.3 Å². The third kappa shape index (κ3) is 4.11. The molecule has 2 rings (SSSR count). The molecule has 0 atom stereocenters. The zero-order valence-corrected chi connectivity index (χ0v) is 13.2. The fourth-order valence-corrected chi connectivity index (χ4v) is 2.68. The summed E-state index contributed by atoms with van der Waals surface area (Å²) in [6.07, 6.45) is 0.531. The highest BCUT2D eigenvalue weighted by Gasteiger charge is 2.12. The number of aliphatic carboxylic acids is 1. The zero-order valence-electron chi connectivity index (χ0n) is 12.4. The van der Waals surface area contributed by atoms with Crippen LogP contribution in [0.4, 0.5) is 0 Å². The van der Waals surface area contributed by atoms with E-state index in [9.17, 15) is 4.79 Å². The number of aromatic nitrogens is 1. The molecule has 22 heavy (non-hydrogen) atoms. The monoisotopic (exact) mass is 323 g/mol. The van der Waals surface area contributed by atoms with Crippen molar-refractivity contribution in [3.63, 3.8) is 0 Å². The molecule has 1 N–H and O–H groups in total. The number of para-hydroxylation sites is 1. The van der Waals surface area contributed by atoms with E-state index in [1.807, 2.05) is 6.07 Å². The maximum absolute atomic E-state index is 10.6. The first-order chi connectivity index (χ1) is 10.6. The van der Waals surface area contributed by atoms with Crippen molar-refractivity contribution in [1.82, 2.24) is 4.98 Å². The molecule has 118 valence electrons. The van der Waals surface area contributed by atoms with Crippen LogP contribution in [-0.4, -0.2) is 36.9 Å². The van der Waals surface area contributed by atoms with Crippen molar-refractivity contribution in [3.8, 4) is 17.2 Å². The van der Waals surface area contributed by atoms with E-state index in [1.165, 1.54) is 11.3 Å². The second-order valence-corrected chi connectivity index (χ2v) is 5.34. The van der Waals surface area contributed by atoms with Crippen LogP contribution in [0.2, 0.25) is 0 Å². The van der Waals surface area contributed by atoms with Crippen molar-refractivity contribution in [1.29, 1.82) is 0 Å². The largest absolute Gasteiger partial charge is 0.493 e. The Morgan fingerprint density at radius 1 is 1.27 bits per heavy atom. The number of carboxylic acid groups (broad SMARTS) is 1. The number of rotatable bonds is 8. The molecule has 0 saturated carbocycles. The maximum atomic E-state index is 10.6. The average Bonchev–Trinajstić information content (AvgIpc) is 2.93. The standard InChI is InChI=1S/C15H17NO5S/c1-19-11-4-3-5-12(20-2)15(11)21-7-6-13-16-10(9-22-13)8-14(17)18/h3-5,9H,6-8H2,1-2H3,(H,17,18). The van der Waals surface area contributed by atoms with Crippen LogP contribution >= 0.6 is 11.3 Å². The van der Waals surface area contributed by atoms with Crippen LogP contribution in [0.25, 0.3) is 0 Å². The molecule has 1 heterocycles. The van der Waals surface area contributed by atoms with Crippen LogP contribution in [-0.2, 0) is 17.6 Å². The van der Waals surface area contributed by atoms with Gasteiger partial charge in [-0.05, 0) is 12.1 Å². The quantitative estimate of drug-likeness (QED) is 0.804. The Morgan fingerprint density at radius 2 is 1.95 bits per heavy atom. The SMILES string of the molecule is COc1cccc(OC)c1OCCc1nc(CC(=O)O)cs1. The number of hydrogen-bond acceptors (Lipinski definition) is 6. The van der Waals surface area contributed by atoms with E-state index >= 15 is 0 Å². The second-order valence-electron chi connectivity index (χ2n) is 4.39. The van der Waals surface area contributed by atoms with E-state index in [0.29, 0.717) is 36.0 Å². The van der Waals surface area contributed by atoms with Crippen LogP contribution in [0, 0.1) is 0 Å². The third-order valence-corrected chi connectivity index (χ3v) is 3.83. The molecule has 1 aromatic carbocycles. The molecule has 0 aliphatic carbocycles. The van der Waals surface area contributed by atoms with E-state index in [0.717, 1.165) is 5.01 Å². The van der Waals surface area contributed by atoms with Crippen LogP contribution in [0.5, 0.6) is 17.2 Å². The van der Waals surface area contributed by atoms with Gasteiger partial charge in [-0.25, -0.2) is 4.98 Å². The third-order valence-electron chi connectivity index (χ3n) is 2.88. The summed E-state index contributed by atoms with van der Waals surface area (Å²) in [4.78, 5) is 14.9. The number of thiazole rings is 1. The lowest BCUT2D eigenvalue weighted by atomic mass is 10.3. The van der Waals surface area contributed by atoms with Crippen LogP contribution in [0.3, 0.4) is 0 Å². The first-order valence-electron chi connectivity index (χ1n) is 6.63. The van der Waals surface area contributed by atoms with Gasteiger partial charge >= 0.3 is 5.97 Å². The molecular weight excluding hydrogens is 306 g/mol. The van der Waals surface area contributed by atoms with Crippen molar-refractivity contribution in [2.75, 3.05) is 20.8 Å². The molecule has 0 fully saturated rings. The van der Waals surface area contributed by atoms with Gasteiger partial charge in [-0.15, -0.1) is 11.3 Å². The fraction of sp³-hybridized carbons (Fsp3) is 0.333. The van der Waals surface area contributed by atoms with Gasteiger partial charge in [0.15, 0.2) is 11.5 Å². The molecule has 6 nitrogen and oxygen atoms in total. The number of carbonyl (C=O) groups is 1. The summed E-state index contributed by atoms with van der Waals surface area (Å²) in [6.45, 7) is 0.400. The first kappa shape index (κ1) is 16.1. The van der Waals surface area contributed by atoms with E-state index in [-0.39, 0.29) is 6.42 Å². The lowest BCUT2D eigenvalue weighted by molar-refractivity contribution is -0.136. The predicted molar refractivity (Wildman–Crippen MR) is 82.2 cm³/mol. The van der Waals surface area contributed by atoms with Crippen LogP contribution < -0.4 is 14.2 Å². The molecule has 0 radical (unpaired) electrons.